The Labute approximate surface area is 164 Å². The van der Waals surface area contributed by atoms with Crippen LogP contribution in [0.1, 0.15) is 23.6 Å². The second kappa shape index (κ2) is 9.11. The molecule has 0 aliphatic carbocycles. The minimum absolute atomic E-state index is 0.0458. The molecule has 0 fully saturated rings. The van der Waals surface area contributed by atoms with Crippen molar-refractivity contribution in [3.8, 4) is 17.6 Å². The summed E-state index contributed by atoms with van der Waals surface area (Å²) in [6, 6.07) is 10.8. The van der Waals surface area contributed by atoms with Crippen molar-refractivity contribution in [3.63, 3.8) is 0 Å². The summed E-state index contributed by atoms with van der Waals surface area (Å²) in [5.74, 6) is 0.365. The number of carbonyl (C=O) groups is 1. The number of methoxy groups -OCH3 is 1. The molecule has 0 spiro atoms. The van der Waals surface area contributed by atoms with E-state index in [1.54, 1.807) is 18.2 Å². The molecule has 0 unspecified atom stereocenters. The van der Waals surface area contributed by atoms with Gasteiger partial charge in [0.15, 0.2) is 11.5 Å². The maximum absolute atomic E-state index is 12.5. The Kier molecular flexibility index (Phi) is 6.86. The first-order chi connectivity index (χ1) is 12.9. The predicted octanol–water partition coefficient (Wildman–Crippen LogP) is 4.91. The van der Waals surface area contributed by atoms with Gasteiger partial charge in [0.2, 0.25) is 0 Å². The number of anilines is 1. The highest BCUT2D eigenvalue weighted by molar-refractivity contribution is 6.32. The zero-order valence-electron chi connectivity index (χ0n) is 15.7. The summed E-state index contributed by atoms with van der Waals surface area (Å²) in [5, 5.41) is 12.5. The van der Waals surface area contributed by atoms with E-state index in [0.717, 1.165) is 11.1 Å². The molecule has 2 rings (SSSR count). The summed E-state index contributed by atoms with van der Waals surface area (Å²) in [7, 11) is 1.50. The Morgan fingerprint density at radius 2 is 2.00 bits per heavy atom. The van der Waals surface area contributed by atoms with E-state index in [1.165, 1.54) is 13.2 Å². The lowest BCUT2D eigenvalue weighted by Crippen LogP contribution is -2.13. The van der Waals surface area contributed by atoms with Crippen LogP contribution in [0.3, 0.4) is 0 Å². The van der Waals surface area contributed by atoms with Gasteiger partial charge in [-0.2, -0.15) is 5.26 Å². The molecule has 0 aliphatic rings. The van der Waals surface area contributed by atoms with Gasteiger partial charge in [-0.3, -0.25) is 4.79 Å². The molecule has 2 aromatic rings. The van der Waals surface area contributed by atoms with Crippen molar-refractivity contribution in [3.05, 3.63) is 57.6 Å². The molecule has 0 saturated heterocycles. The summed E-state index contributed by atoms with van der Waals surface area (Å²) >= 11 is 6.24. The molecule has 2 aromatic carbocycles. The average molecular weight is 385 g/mol. The van der Waals surface area contributed by atoms with Crippen LogP contribution in [-0.4, -0.2) is 19.6 Å². The number of carbonyl (C=O) groups excluding carboxylic acids is 1. The SMILES string of the molecule is CCOc1c(Cl)cc(/C=C(\C#N)C(=O)Nc2ccc(C)c(C)c2)cc1OC. The summed E-state index contributed by atoms with van der Waals surface area (Å²) in [6.07, 6.45) is 1.46. The topological polar surface area (TPSA) is 71.3 Å². The van der Waals surface area contributed by atoms with Crippen LogP contribution >= 0.6 is 11.6 Å². The van der Waals surface area contributed by atoms with Gasteiger partial charge in [0.25, 0.3) is 5.91 Å². The number of aryl methyl sites for hydroxylation is 2. The number of ether oxygens (including phenoxy) is 2. The molecule has 0 saturated carbocycles. The van der Waals surface area contributed by atoms with E-state index in [-0.39, 0.29) is 5.57 Å². The largest absolute Gasteiger partial charge is 0.493 e. The molecule has 0 aliphatic heterocycles. The fraction of sp³-hybridized carbons (Fsp3) is 0.238. The lowest BCUT2D eigenvalue weighted by atomic mass is 10.1. The second-order valence-electron chi connectivity index (χ2n) is 5.89. The maximum atomic E-state index is 12.5. The van der Waals surface area contributed by atoms with Gasteiger partial charge < -0.3 is 14.8 Å². The molecule has 1 N–H and O–H groups in total. The van der Waals surface area contributed by atoms with E-state index in [2.05, 4.69) is 5.32 Å². The van der Waals surface area contributed by atoms with Crippen molar-refractivity contribution < 1.29 is 14.3 Å². The first-order valence-electron chi connectivity index (χ1n) is 8.40. The maximum Gasteiger partial charge on any atom is 0.266 e. The van der Waals surface area contributed by atoms with Crippen molar-refractivity contribution in [2.24, 2.45) is 0 Å². The fourth-order valence-corrected chi connectivity index (χ4v) is 2.71. The molecular formula is C21H21ClN2O3. The van der Waals surface area contributed by atoms with Crippen molar-refractivity contribution in [2.75, 3.05) is 19.0 Å². The number of halogens is 1. The van der Waals surface area contributed by atoms with Gasteiger partial charge in [-0.05, 0) is 67.8 Å². The number of hydrogen-bond acceptors (Lipinski definition) is 4. The first-order valence-corrected chi connectivity index (χ1v) is 8.78. The summed E-state index contributed by atoms with van der Waals surface area (Å²) in [4.78, 5) is 12.5. The summed E-state index contributed by atoms with van der Waals surface area (Å²) < 4.78 is 10.8. The number of nitriles is 1. The molecular weight excluding hydrogens is 364 g/mol. The van der Waals surface area contributed by atoms with E-state index < -0.39 is 5.91 Å². The van der Waals surface area contributed by atoms with E-state index in [4.69, 9.17) is 21.1 Å². The van der Waals surface area contributed by atoms with Crippen LogP contribution < -0.4 is 14.8 Å². The highest BCUT2D eigenvalue weighted by atomic mass is 35.5. The van der Waals surface area contributed by atoms with Gasteiger partial charge in [0.05, 0.1) is 18.7 Å². The average Bonchev–Trinajstić information content (AvgIpc) is 2.64. The molecule has 27 heavy (non-hydrogen) atoms. The number of nitrogens with zero attached hydrogens (tertiary/aromatic N) is 1. The summed E-state index contributed by atoms with van der Waals surface area (Å²) in [6.45, 7) is 6.23. The number of amides is 1. The lowest BCUT2D eigenvalue weighted by molar-refractivity contribution is -0.112. The van der Waals surface area contributed by atoms with Crippen LogP contribution in [0.15, 0.2) is 35.9 Å². The Hall–Kier alpha value is -2.97. The molecule has 140 valence electrons. The quantitative estimate of drug-likeness (QED) is 0.567. The third-order valence-electron chi connectivity index (χ3n) is 3.98. The molecule has 5 nitrogen and oxygen atoms in total. The highest BCUT2D eigenvalue weighted by Gasteiger charge is 2.14. The Bertz CT molecular complexity index is 930. The van der Waals surface area contributed by atoms with Crippen LogP contribution in [0, 0.1) is 25.2 Å². The Morgan fingerprint density at radius 1 is 1.26 bits per heavy atom. The first kappa shape index (κ1) is 20.3. The number of nitrogens with one attached hydrogen (secondary N) is 1. The van der Waals surface area contributed by atoms with Crippen LogP contribution in [0.2, 0.25) is 5.02 Å². The van der Waals surface area contributed by atoms with Crippen molar-refractivity contribution in [1.29, 1.82) is 5.26 Å². The van der Waals surface area contributed by atoms with E-state index >= 15 is 0 Å². The highest BCUT2D eigenvalue weighted by Crippen LogP contribution is 2.37. The summed E-state index contributed by atoms with van der Waals surface area (Å²) in [5.41, 5.74) is 3.33. The van der Waals surface area contributed by atoms with E-state index in [1.807, 2.05) is 39.0 Å². The second-order valence-corrected chi connectivity index (χ2v) is 6.30. The molecule has 0 atom stereocenters. The molecule has 6 heteroatoms. The smallest absolute Gasteiger partial charge is 0.266 e. The Morgan fingerprint density at radius 3 is 2.59 bits per heavy atom. The van der Waals surface area contributed by atoms with E-state index in [9.17, 15) is 10.1 Å². The van der Waals surface area contributed by atoms with Gasteiger partial charge in [0.1, 0.15) is 11.6 Å². The minimum atomic E-state index is -0.496. The number of benzene rings is 2. The zero-order chi connectivity index (χ0) is 20.0. The fourth-order valence-electron chi connectivity index (χ4n) is 2.44. The van der Waals surface area contributed by atoms with Crippen LogP contribution in [-0.2, 0) is 4.79 Å². The van der Waals surface area contributed by atoms with Crippen LogP contribution in [0.4, 0.5) is 5.69 Å². The van der Waals surface area contributed by atoms with Crippen LogP contribution in [0.5, 0.6) is 11.5 Å². The molecule has 0 heterocycles. The third kappa shape index (κ3) is 5.02. The standard InChI is InChI=1S/C21H21ClN2O3/c1-5-27-20-18(22)10-15(11-19(20)26-4)9-16(12-23)21(25)24-17-7-6-13(2)14(3)8-17/h6-11H,5H2,1-4H3,(H,24,25)/b16-9+. The van der Waals surface area contributed by atoms with Gasteiger partial charge in [-0.15, -0.1) is 0 Å². The van der Waals surface area contributed by atoms with E-state index in [0.29, 0.717) is 34.4 Å². The van der Waals surface area contributed by atoms with Crippen LogP contribution in [0.25, 0.3) is 6.08 Å². The number of hydrogen-bond donors (Lipinski definition) is 1. The minimum Gasteiger partial charge on any atom is -0.493 e. The molecule has 0 radical (unpaired) electrons. The predicted molar refractivity (Wildman–Crippen MR) is 107 cm³/mol. The van der Waals surface area contributed by atoms with Gasteiger partial charge in [0, 0.05) is 5.69 Å². The number of rotatable bonds is 6. The Balaban J connectivity index is 2.32. The van der Waals surface area contributed by atoms with Crippen molar-refractivity contribution in [1.82, 2.24) is 0 Å². The molecule has 1 amide bonds. The monoisotopic (exact) mass is 384 g/mol. The zero-order valence-corrected chi connectivity index (χ0v) is 16.5. The molecule has 0 aromatic heterocycles. The molecule has 0 bridgehead atoms. The van der Waals surface area contributed by atoms with Gasteiger partial charge in [-0.25, -0.2) is 0 Å². The third-order valence-corrected chi connectivity index (χ3v) is 4.26. The van der Waals surface area contributed by atoms with Crippen molar-refractivity contribution in [2.45, 2.75) is 20.8 Å². The lowest BCUT2D eigenvalue weighted by Gasteiger charge is -2.12. The van der Waals surface area contributed by atoms with Gasteiger partial charge >= 0.3 is 0 Å². The van der Waals surface area contributed by atoms with Gasteiger partial charge in [-0.1, -0.05) is 17.7 Å². The van der Waals surface area contributed by atoms with Crippen molar-refractivity contribution >= 4 is 29.3 Å². The normalized spacial score (nSPS) is 10.9.